The van der Waals surface area contributed by atoms with E-state index in [9.17, 15) is 14.4 Å². The number of carbonyl (C=O) groups is 3. The number of hydrogen-bond acceptors (Lipinski definition) is 6. The molecule has 0 saturated heterocycles. The Bertz CT molecular complexity index is 783. The molecule has 0 fully saturated rings. The van der Waals surface area contributed by atoms with Crippen LogP contribution in [0.3, 0.4) is 0 Å². The molecule has 1 aromatic heterocycles. The van der Waals surface area contributed by atoms with Crippen molar-refractivity contribution >= 4 is 29.1 Å². The highest BCUT2D eigenvalue weighted by atomic mass is 32.1. The number of thiazole rings is 1. The number of primary amides is 1. The van der Waals surface area contributed by atoms with E-state index in [0.717, 1.165) is 22.3 Å². The second-order valence-corrected chi connectivity index (χ2v) is 5.57. The third-order valence-electron chi connectivity index (χ3n) is 3.04. The molecule has 24 heavy (non-hydrogen) atoms. The fraction of sp³-hybridized carbons (Fsp3) is 0.125. The van der Waals surface area contributed by atoms with E-state index in [2.05, 4.69) is 11.6 Å². The Morgan fingerprint density at radius 2 is 2.00 bits per heavy atom. The van der Waals surface area contributed by atoms with Crippen molar-refractivity contribution < 1.29 is 19.1 Å². The third kappa shape index (κ3) is 3.85. The van der Waals surface area contributed by atoms with Crippen LogP contribution in [0.2, 0.25) is 0 Å². The van der Waals surface area contributed by atoms with Crippen molar-refractivity contribution in [2.75, 3.05) is 6.54 Å². The van der Waals surface area contributed by atoms with Crippen molar-refractivity contribution in [3.8, 4) is 10.9 Å². The lowest BCUT2D eigenvalue weighted by atomic mass is 10.2. The number of ether oxygens (including phenoxy) is 1. The first kappa shape index (κ1) is 17.4. The van der Waals surface area contributed by atoms with Gasteiger partial charge >= 0.3 is 0 Å². The van der Waals surface area contributed by atoms with Gasteiger partial charge in [-0.05, 0) is 37.3 Å². The second kappa shape index (κ2) is 7.51. The van der Waals surface area contributed by atoms with E-state index in [0.29, 0.717) is 16.2 Å². The van der Waals surface area contributed by atoms with Crippen LogP contribution in [0.1, 0.15) is 27.0 Å². The molecule has 0 aliphatic rings. The van der Waals surface area contributed by atoms with Crippen LogP contribution < -0.4 is 10.5 Å². The number of likely N-dealkylation sites (N-methyl/N-ethyl adjacent to an activating group) is 1. The van der Waals surface area contributed by atoms with Gasteiger partial charge < -0.3 is 10.5 Å². The summed E-state index contributed by atoms with van der Waals surface area (Å²) in [6.45, 7) is 5.33. The number of amides is 3. The maximum atomic E-state index is 12.3. The van der Waals surface area contributed by atoms with Crippen molar-refractivity contribution in [3.63, 3.8) is 0 Å². The summed E-state index contributed by atoms with van der Waals surface area (Å²) < 4.78 is 5.49. The van der Waals surface area contributed by atoms with Crippen LogP contribution in [0.5, 0.6) is 10.9 Å². The fourth-order valence-corrected chi connectivity index (χ4v) is 2.49. The second-order valence-electron chi connectivity index (χ2n) is 4.57. The van der Waals surface area contributed by atoms with E-state index in [1.54, 1.807) is 31.2 Å². The van der Waals surface area contributed by atoms with E-state index >= 15 is 0 Å². The van der Waals surface area contributed by atoms with Gasteiger partial charge in [-0.3, -0.25) is 19.3 Å². The number of benzene rings is 1. The molecule has 0 atom stereocenters. The van der Waals surface area contributed by atoms with Crippen LogP contribution in [0, 0.1) is 0 Å². The zero-order valence-corrected chi connectivity index (χ0v) is 13.7. The van der Waals surface area contributed by atoms with E-state index in [1.807, 2.05) is 0 Å². The molecule has 0 aliphatic heterocycles. The Kier molecular flexibility index (Phi) is 5.43. The molecule has 2 aromatic rings. The van der Waals surface area contributed by atoms with Crippen LogP contribution in [0.4, 0.5) is 0 Å². The van der Waals surface area contributed by atoms with Gasteiger partial charge in [-0.15, -0.1) is 0 Å². The van der Waals surface area contributed by atoms with Crippen LogP contribution in [0.25, 0.3) is 0 Å². The largest absolute Gasteiger partial charge is 0.431 e. The predicted molar refractivity (Wildman–Crippen MR) is 89.1 cm³/mol. The van der Waals surface area contributed by atoms with Gasteiger partial charge in [-0.25, -0.2) is 4.98 Å². The van der Waals surface area contributed by atoms with Gasteiger partial charge in [-0.1, -0.05) is 17.9 Å². The molecule has 0 unspecified atom stereocenters. The number of imide groups is 1. The van der Waals surface area contributed by atoms with Gasteiger partial charge in [0.1, 0.15) is 10.6 Å². The summed E-state index contributed by atoms with van der Waals surface area (Å²) in [4.78, 5) is 40.2. The molecule has 0 radical (unpaired) electrons. The first-order chi connectivity index (χ1) is 11.5. The molecule has 0 bridgehead atoms. The average molecular weight is 345 g/mol. The van der Waals surface area contributed by atoms with Crippen LogP contribution in [-0.2, 0) is 4.79 Å². The van der Waals surface area contributed by atoms with Crippen molar-refractivity contribution in [1.29, 1.82) is 0 Å². The average Bonchev–Trinajstić information content (AvgIpc) is 3.04. The van der Waals surface area contributed by atoms with Crippen molar-refractivity contribution in [1.82, 2.24) is 9.88 Å². The van der Waals surface area contributed by atoms with Gasteiger partial charge in [0.2, 0.25) is 0 Å². The molecule has 8 heteroatoms. The third-order valence-corrected chi connectivity index (χ3v) is 3.93. The molecule has 124 valence electrons. The van der Waals surface area contributed by atoms with E-state index in [1.165, 1.54) is 6.20 Å². The lowest BCUT2D eigenvalue weighted by molar-refractivity contribution is -0.123. The highest BCUT2D eigenvalue weighted by Crippen LogP contribution is 2.26. The molecule has 3 amide bonds. The number of nitrogens with zero attached hydrogens (tertiary/aromatic N) is 2. The first-order valence-corrected chi connectivity index (χ1v) is 7.79. The van der Waals surface area contributed by atoms with Gasteiger partial charge in [-0.2, -0.15) is 0 Å². The quantitative estimate of drug-likeness (QED) is 0.809. The van der Waals surface area contributed by atoms with Gasteiger partial charge in [0.25, 0.3) is 22.9 Å². The molecule has 0 spiro atoms. The minimum absolute atomic E-state index is 0.247. The highest BCUT2D eigenvalue weighted by molar-refractivity contribution is 7.15. The zero-order chi connectivity index (χ0) is 17.7. The predicted octanol–water partition coefficient (Wildman–Crippen LogP) is 2.21. The smallest absolute Gasteiger partial charge is 0.279 e. The Hall–Kier alpha value is -3.00. The van der Waals surface area contributed by atoms with Gasteiger partial charge in [0.15, 0.2) is 0 Å². The summed E-state index contributed by atoms with van der Waals surface area (Å²) in [7, 11) is 0. The fourth-order valence-electron chi connectivity index (χ4n) is 1.85. The molecule has 7 nitrogen and oxygen atoms in total. The molecule has 2 N–H and O–H groups in total. The Morgan fingerprint density at radius 1 is 1.33 bits per heavy atom. The number of carbonyl (C=O) groups excluding carboxylic acids is 3. The standard InChI is InChI=1S/C16H15N3O4S/c1-3-13(20)19(4-2)15(22)10-5-7-11(8-6-10)23-16-18-9-12(24-16)14(17)21/h3,5-9H,1,4H2,2H3,(H2,17,21). The summed E-state index contributed by atoms with van der Waals surface area (Å²) in [6.07, 6.45) is 2.43. The Labute approximate surface area is 142 Å². The van der Waals surface area contributed by atoms with Crippen LogP contribution >= 0.6 is 11.3 Å². The van der Waals surface area contributed by atoms with Gasteiger partial charge in [0.05, 0.1) is 6.20 Å². The number of hydrogen-bond donors (Lipinski definition) is 1. The summed E-state index contributed by atoms with van der Waals surface area (Å²) >= 11 is 1.02. The summed E-state index contributed by atoms with van der Waals surface area (Å²) in [6, 6.07) is 6.23. The Morgan fingerprint density at radius 3 is 2.50 bits per heavy atom. The molecule has 0 saturated carbocycles. The molecule has 1 aromatic carbocycles. The SMILES string of the molecule is C=CC(=O)N(CC)C(=O)c1ccc(Oc2ncc(C(N)=O)s2)cc1. The maximum absolute atomic E-state index is 12.3. The number of aromatic nitrogens is 1. The molecule has 1 heterocycles. The molecular formula is C16H15N3O4S. The van der Waals surface area contributed by atoms with E-state index in [-0.39, 0.29) is 11.7 Å². The lowest BCUT2D eigenvalue weighted by Crippen LogP contribution is -2.35. The maximum Gasteiger partial charge on any atom is 0.279 e. The monoisotopic (exact) mass is 345 g/mol. The minimum Gasteiger partial charge on any atom is -0.431 e. The lowest BCUT2D eigenvalue weighted by Gasteiger charge is -2.17. The van der Waals surface area contributed by atoms with Crippen molar-refractivity contribution in [2.45, 2.75) is 6.92 Å². The van der Waals surface area contributed by atoms with E-state index in [4.69, 9.17) is 10.5 Å². The minimum atomic E-state index is -0.574. The zero-order valence-electron chi connectivity index (χ0n) is 12.9. The molecule has 0 aliphatic carbocycles. The number of rotatable bonds is 6. The summed E-state index contributed by atoms with van der Waals surface area (Å²) in [5.41, 5.74) is 5.49. The topological polar surface area (TPSA) is 103 Å². The first-order valence-electron chi connectivity index (χ1n) is 6.98. The summed E-state index contributed by atoms with van der Waals surface area (Å²) in [5.74, 6) is -1.01. The highest BCUT2D eigenvalue weighted by Gasteiger charge is 2.19. The Balaban J connectivity index is 2.12. The summed E-state index contributed by atoms with van der Waals surface area (Å²) in [5, 5.41) is 0.264. The van der Waals surface area contributed by atoms with Crippen LogP contribution in [-0.4, -0.2) is 34.2 Å². The van der Waals surface area contributed by atoms with E-state index < -0.39 is 17.7 Å². The van der Waals surface area contributed by atoms with Crippen molar-refractivity contribution in [2.24, 2.45) is 5.73 Å². The van der Waals surface area contributed by atoms with Gasteiger partial charge in [0, 0.05) is 12.1 Å². The normalized spacial score (nSPS) is 10.0. The molecular weight excluding hydrogens is 330 g/mol. The van der Waals surface area contributed by atoms with Crippen LogP contribution in [0.15, 0.2) is 43.1 Å². The van der Waals surface area contributed by atoms with Crippen molar-refractivity contribution in [3.05, 3.63) is 53.6 Å². The number of nitrogens with two attached hydrogens (primary N) is 1. The molecule has 2 rings (SSSR count).